The van der Waals surface area contributed by atoms with E-state index in [9.17, 15) is 4.79 Å². The molecule has 0 heterocycles. The van der Waals surface area contributed by atoms with Crippen LogP contribution in [0.25, 0.3) is 0 Å². The first-order chi connectivity index (χ1) is 6.47. The predicted molar refractivity (Wildman–Crippen MR) is 57.6 cm³/mol. The molecule has 2 nitrogen and oxygen atoms in total. The van der Waals surface area contributed by atoms with Crippen LogP contribution in [0, 0.1) is 17.8 Å². The number of esters is 1. The van der Waals surface area contributed by atoms with E-state index in [4.69, 9.17) is 4.74 Å². The standard InChI is InChI=1S/C12H18O2/c1-6-7-10(4)8-12(9(2)3)14-11(5)13/h8-9,12H,1-5H3/b10-8-. The Morgan fingerprint density at radius 3 is 2.29 bits per heavy atom. The van der Waals surface area contributed by atoms with E-state index in [1.807, 2.05) is 26.8 Å². The molecule has 0 fully saturated rings. The lowest BCUT2D eigenvalue weighted by Gasteiger charge is -2.17. The average molecular weight is 194 g/mol. The van der Waals surface area contributed by atoms with Gasteiger partial charge in [-0.25, -0.2) is 0 Å². The van der Waals surface area contributed by atoms with Crippen molar-refractivity contribution in [2.24, 2.45) is 5.92 Å². The number of ether oxygens (including phenoxy) is 1. The van der Waals surface area contributed by atoms with Gasteiger partial charge in [-0.3, -0.25) is 4.79 Å². The molecule has 78 valence electrons. The van der Waals surface area contributed by atoms with Crippen molar-refractivity contribution in [1.82, 2.24) is 0 Å². The molecular weight excluding hydrogens is 176 g/mol. The molecule has 0 aromatic carbocycles. The van der Waals surface area contributed by atoms with Gasteiger partial charge in [-0.2, -0.15) is 0 Å². The minimum Gasteiger partial charge on any atom is -0.458 e. The number of rotatable bonds is 3. The van der Waals surface area contributed by atoms with Gasteiger partial charge in [0.05, 0.1) is 0 Å². The molecular formula is C12H18O2. The molecule has 0 N–H and O–H groups in total. The van der Waals surface area contributed by atoms with Crippen molar-refractivity contribution in [1.29, 1.82) is 0 Å². The first-order valence-corrected chi connectivity index (χ1v) is 4.75. The molecule has 0 aromatic rings. The normalized spacial score (nSPS) is 13.1. The molecule has 0 saturated carbocycles. The van der Waals surface area contributed by atoms with Crippen LogP contribution in [-0.4, -0.2) is 12.1 Å². The Morgan fingerprint density at radius 1 is 1.36 bits per heavy atom. The first-order valence-electron chi connectivity index (χ1n) is 4.75. The summed E-state index contributed by atoms with van der Waals surface area (Å²) in [7, 11) is 0. The summed E-state index contributed by atoms with van der Waals surface area (Å²) < 4.78 is 5.15. The molecule has 2 heteroatoms. The minimum absolute atomic E-state index is 0.173. The molecule has 0 rings (SSSR count). The van der Waals surface area contributed by atoms with Crippen LogP contribution in [0.3, 0.4) is 0 Å². The molecule has 0 aromatic heterocycles. The zero-order valence-electron chi connectivity index (χ0n) is 9.55. The van der Waals surface area contributed by atoms with E-state index in [0.717, 1.165) is 5.57 Å². The van der Waals surface area contributed by atoms with Gasteiger partial charge in [-0.05, 0) is 31.4 Å². The Bertz CT molecular complexity index is 276. The van der Waals surface area contributed by atoms with Gasteiger partial charge in [0.1, 0.15) is 6.10 Å². The zero-order valence-corrected chi connectivity index (χ0v) is 9.55. The molecule has 1 unspecified atom stereocenters. The van der Waals surface area contributed by atoms with Gasteiger partial charge in [-0.1, -0.05) is 19.8 Å². The molecule has 0 amide bonds. The third-order valence-corrected chi connectivity index (χ3v) is 1.70. The van der Waals surface area contributed by atoms with Crippen LogP contribution < -0.4 is 0 Å². The van der Waals surface area contributed by atoms with Crippen molar-refractivity contribution in [3.05, 3.63) is 11.6 Å². The highest BCUT2D eigenvalue weighted by Crippen LogP contribution is 2.10. The molecule has 0 saturated heterocycles. The van der Waals surface area contributed by atoms with Gasteiger partial charge in [-0.15, -0.1) is 5.92 Å². The fourth-order valence-electron chi connectivity index (χ4n) is 1.04. The molecule has 0 bridgehead atoms. The maximum Gasteiger partial charge on any atom is 0.303 e. The fraction of sp³-hybridized carbons (Fsp3) is 0.583. The van der Waals surface area contributed by atoms with Crippen LogP contribution in [0.15, 0.2) is 11.6 Å². The lowest BCUT2D eigenvalue weighted by molar-refractivity contribution is -0.145. The van der Waals surface area contributed by atoms with E-state index >= 15 is 0 Å². The predicted octanol–water partition coefficient (Wildman–Crippen LogP) is 2.54. The van der Waals surface area contributed by atoms with Crippen LogP contribution in [0.5, 0.6) is 0 Å². The van der Waals surface area contributed by atoms with Crippen molar-refractivity contribution >= 4 is 5.97 Å². The van der Waals surface area contributed by atoms with Crippen LogP contribution >= 0.6 is 0 Å². The summed E-state index contributed by atoms with van der Waals surface area (Å²) in [5, 5.41) is 0. The van der Waals surface area contributed by atoms with E-state index in [2.05, 4.69) is 11.8 Å². The highest BCUT2D eigenvalue weighted by Gasteiger charge is 2.13. The minimum atomic E-state index is -0.253. The molecule has 0 aliphatic carbocycles. The largest absolute Gasteiger partial charge is 0.458 e. The second-order valence-electron chi connectivity index (χ2n) is 3.54. The van der Waals surface area contributed by atoms with Crippen molar-refractivity contribution in [3.8, 4) is 11.8 Å². The Kier molecular flexibility index (Phi) is 5.71. The second-order valence-corrected chi connectivity index (χ2v) is 3.54. The van der Waals surface area contributed by atoms with E-state index in [1.165, 1.54) is 6.92 Å². The molecule has 0 aliphatic rings. The third-order valence-electron chi connectivity index (χ3n) is 1.70. The van der Waals surface area contributed by atoms with E-state index < -0.39 is 0 Å². The molecule has 0 aliphatic heterocycles. The van der Waals surface area contributed by atoms with Gasteiger partial charge in [0, 0.05) is 6.92 Å². The van der Waals surface area contributed by atoms with Gasteiger partial charge in [0.2, 0.25) is 0 Å². The number of hydrogen-bond acceptors (Lipinski definition) is 2. The van der Waals surface area contributed by atoms with E-state index in [1.54, 1.807) is 6.92 Å². The smallest absolute Gasteiger partial charge is 0.303 e. The monoisotopic (exact) mass is 194 g/mol. The molecule has 0 radical (unpaired) electrons. The average Bonchev–Trinajstić information content (AvgIpc) is 2.02. The lowest BCUT2D eigenvalue weighted by Crippen LogP contribution is -2.20. The van der Waals surface area contributed by atoms with Crippen molar-refractivity contribution < 1.29 is 9.53 Å². The number of carbonyl (C=O) groups excluding carboxylic acids is 1. The van der Waals surface area contributed by atoms with E-state index in [0.29, 0.717) is 0 Å². The highest BCUT2D eigenvalue weighted by molar-refractivity contribution is 5.66. The van der Waals surface area contributed by atoms with Crippen LogP contribution in [0.1, 0.15) is 34.6 Å². The number of carbonyl (C=O) groups is 1. The van der Waals surface area contributed by atoms with Crippen molar-refractivity contribution in [3.63, 3.8) is 0 Å². The quantitative estimate of drug-likeness (QED) is 0.510. The van der Waals surface area contributed by atoms with Crippen molar-refractivity contribution in [2.75, 3.05) is 0 Å². The second kappa shape index (κ2) is 6.26. The van der Waals surface area contributed by atoms with Gasteiger partial charge in [0.15, 0.2) is 0 Å². The highest BCUT2D eigenvalue weighted by atomic mass is 16.5. The number of allylic oxidation sites excluding steroid dienone is 1. The summed E-state index contributed by atoms with van der Waals surface area (Å²) in [6.45, 7) is 9.14. The van der Waals surface area contributed by atoms with Crippen LogP contribution in [0.2, 0.25) is 0 Å². The van der Waals surface area contributed by atoms with Crippen LogP contribution in [-0.2, 0) is 9.53 Å². The Balaban J connectivity index is 4.56. The Morgan fingerprint density at radius 2 is 1.93 bits per heavy atom. The van der Waals surface area contributed by atoms with Gasteiger partial charge in [0.25, 0.3) is 0 Å². The topological polar surface area (TPSA) is 26.3 Å². The Hall–Kier alpha value is -1.23. The summed E-state index contributed by atoms with van der Waals surface area (Å²) in [5.41, 5.74) is 0.937. The molecule has 0 spiro atoms. The SMILES string of the molecule is CC#C/C(C)=C\C(OC(C)=O)C(C)C. The van der Waals surface area contributed by atoms with E-state index in [-0.39, 0.29) is 18.0 Å². The number of hydrogen-bond donors (Lipinski definition) is 0. The first kappa shape index (κ1) is 12.8. The zero-order chi connectivity index (χ0) is 11.1. The fourth-order valence-corrected chi connectivity index (χ4v) is 1.04. The summed E-state index contributed by atoms with van der Waals surface area (Å²) in [6, 6.07) is 0. The maximum atomic E-state index is 10.8. The van der Waals surface area contributed by atoms with Gasteiger partial charge < -0.3 is 4.74 Å². The third kappa shape index (κ3) is 5.42. The van der Waals surface area contributed by atoms with Crippen LogP contribution in [0.4, 0.5) is 0 Å². The molecule has 14 heavy (non-hydrogen) atoms. The summed E-state index contributed by atoms with van der Waals surface area (Å²) in [5.74, 6) is 5.75. The summed E-state index contributed by atoms with van der Waals surface area (Å²) in [6.07, 6.45) is 1.72. The summed E-state index contributed by atoms with van der Waals surface area (Å²) >= 11 is 0. The molecule has 1 atom stereocenters. The van der Waals surface area contributed by atoms with Crippen molar-refractivity contribution in [2.45, 2.75) is 40.7 Å². The lowest BCUT2D eigenvalue weighted by atomic mass is 10.0. The summed E-state index contributed by atoms with van der Waals surface area (Å²) in [4.78, 5) is 10.8. The maximum absolute atomic E-state index is 10.8. The van der Waals surface area contributed by atoms with Gasteiger partial charge >= 0.3 is 5.97 Å². The Labute approximate surface area is 86.3 Å².